The molecule has 0 radical (unpaired) electrons. The first-order valence-corrected chi connectivity index (χ1v) is 4.37. The van der Waals surface area contributed by atoms with Crippen molar-refractivity contribution < 1.29 is 14.7 Å². The van der Waals surface area contributed by atoms with Gasteiger partial charge in [0.25, 0.3) is 0 Å². The first-order chi connectivity index (χ1) is 7.11. The van der Waals surface area contributed by atoms with Gasteiger partial charge in [-0.1, -0.05) is 30.3 Å². The summed E-state index contributed by atoms with van der Waals surface area (Å²) in [5.74, 6) is -1.38. The minimum Gasteiger partial charge on any atom is -0.478 e. The summed E-state index contributed by atoms with van der Waals surface area (Å²) in [6.45, 7) is 1.32. The Morgan fingerprint density at radius 2 is 1.87 bits per heavy atom. The molecule has 1 aromatic carbocycles. The molecule has 1 aromatic rings. The minimum atomic E-state index is -1.07. The Balaban J connectivity index is 2.99. The molecule has 1 rings (SSSR count). The van der Waals surface area contributed by atoms with Crippen molar-refractivity contribution in [3.63, 3.8) is 0 Å². The molecule has 0 saturated heterocycles. The van der Waals surface area contributed by atoms with E-state index in [0.717, 1.165) is 0 Å². The van der Waals surface area contributed by atoms with Crippen LogP contribution in [0.2, 0.25) is 0 Å². The highest BCUT2D eigenvalue weighted by molar-refractivity contribution is 6.15. The van der Waals surface area contributed by atoms with Gasteiger partial charge in [0, 0.05) is 13.1 Å². The highest BCUT2D eigenvalue weighted by Gasteiger charge is 2.09. The summed E-state index contributed by atoms with van der Waals surface area (Å²) in [6.07, 6.45) is 1.19. The summed E-state index contributed by atoms with van der Waals surface area (Å²) in [6, 6.07) is 8.60. The second-order valence-corrected chi connectivity index (χ2v) is 2.93. The summed E-state index contributed by atoms with van der Waals surface area (Å²) in [5, 5.41) is 11.3. The number of aliphatic carboxylic acids is 1. The number of carboxylic acids is 1. The van der Waals surface area contributed by atoms with Crippen molar-refractivity contribution in [1.29, 1.82) is 0 Å². The van der Waals surface area contributed by atoms with Crippen molar-refractivity contribution in [2.75, 3.05) is 0 Å². The largest absolute Gasteiger partial charge is 0.478 e. The molecule has 15 heavy (non-hydrogen) atoms. The van der Waals surface area contributed by atoms with Crippen LogP contribution in [-0.2, 0) is 9.59 Å². The molecule has 0 aromatic heterocycles. The van der Waals surface area contributed by atoms with E-state index in [1.165, 1.54) is 13.1 Å². The number of hydrogen-bond donors (Lipinski definition) is 2. The summed E-state index contributed by atoms with van der Waals surface area (Å²) in [7, 11) is 0. The van der Waals surface area contributed by atoms with Crippen molar-refractivity contribution in [3.05, 3.63) is 42.1 Å². The fraction of sp³-hybridized carbons (Fsp3) is 0.0909. The van der Waals surface area contributed by atoms with Gasteiger partial charge in [0.1, 0.15) is 0 Å². The number of amides is 1. The maximum Gasteiger partial charge on any atom is 0.337 e. The molecule has 0 aliphatic carbocycles. The zero-order valence-corrected chi connectivity index (χ0v) is 8.23. The second-order valence-electron chi connectivity index (χ2n) is 2.93. The van der Waals surface area contributed by atoms with Gasteiger partial charge >= 0.3 is 5.97 Å². The predicted octanol–water partition coefficient (Wildman–Crippen LogP) is 1.25. The molecule has 0 saturated carbocycles. The maximum absolute atomic E-state index is 10.9. The molecule has 0 bridgehead atoms. The van der Waals surface area contributed by atoms with Gasteiger partial charge in [-0.2, -0.15) is 0 Å². The van der Waals surface area contributed by atoms with Gasteiger partial charge in [0.05, 0.1) is 5.57 Å². The molecule has 0 heterocycles. The third kappa shape index (κ3) is 3.27. The van der Waals surface area contributed by atoms with Gasteiger partial charge < -0.3 is 10.4 Å². The Labute approximate surface area is 87.2 Å². The lowest BCUT2D eigenvalue weighted by Crippen LogP contribution is -2.14. The molecule has 0 aliphatic heterocycles. The first kappa shape index (κ1) is 11.0. The Hall–Kier alpha value is -2.10. The highest BCUT2D eigenvalue weighted by atomic mass is 16.4. The van der Waals surface area contributed by atoms with E-state index >= 15 is 0 Å². The van der Waals surface area contributed by atoms with Crippen LogP contribution in [0.5, 0.6) is 0 Å². The molecule has 4 nitrogen and oxygen atoms in total. The van der Waals surface area contributed by atoms with E-state index in [0.29, 0.717) is 5.56 Å². The van der Waals surface area contributed by atoms with E-state index in [1.807, 2.05) is 0 Å². The zero-order valence-electron chi connectivity index (χ0n) is 8.23. The molecular weight excluding hydrogens is 194 g/mol. The number of carboxylic acid groups (broad SMARTS) is 1. The number of rotatable bonds is 3. The first-order valence-electron chi connectivity index (χ1n) is 4.37. The van der Waals surface area contributed by atoms with Crippen LogP contribution in [0.3, 0.4) is 0 Å². The molecule has 4 heteroatoms. The third-order valence-corrected chi connectivity index (χ3v) is 1.73. The molecule has 0 spiro atoms. The van der Waals surface area contributed by atoms with Crippen LogP contribution in [0.4, 0.5) is 0 Å². The van der Waals surface area contributed by atoms with Gasteiger partial charge in [-0.15, -0.1) is 0 Å². The third-order valence-electron chi connectivity index (χ3n) is 1.73. The maximum atomic E-state index is 10.9. The fourth-order valence-corrected chi connectivity index (χ4v) is 1.06. The van der Waals surface area contributed by atoms with Crippen LogP contribution in [0.25, 0.3) is 5.57 Å². The average molecular weight is 205 g/mol. The predicted molar refractivity (Wildman–Crippen MR) is 55.9 cm³/mol. The standard InChI is InChI=1S/C11H11NO3/c1-8(13)12-7-10(11(14)15)9-5-3-2-4-6-9/h2-7H,1H3,(H,12,13)(H,14,15). The Bertz CT molecular complexity index is 396. The van der Waals surface area contributed by atoms with Gasteiger partial charge in [0.15, 0.2) is 0 Å². The zero-order chi connectivity index (χ0) is 11.3. The molecule has 0 atom stereocenters. The van der Waals surface area contributed by atoms with Crippen LogP contribution in [-0.4, -0.2) is 17.0 Å². The quantitative estimate of drug-likeness (QED) is 0.730. The van der Waals surface area contributed by atoms with E-state index in [9.17, 15) is 9.59 Å². The number of hydrogen-bond acceptors (Lipinski definition) is 2. The number of carbonyl (C=O) groups excluding carboxylic acids is 1. The molecule has 1 amide bonds. The molecule has 0 unspecified atom stereocenters. The van der Waals surface area contributed by atoms with E-state index in [1.54, 1.807) is 30.3 Å². The van der Waals surface area contributed by atoms with Crippen LogP contribution in [0.1, 0.15) is 12.5 Å². The lowest BCUT2D eigenvalue weighted by Gasteiger charge is -2.02. The van der Waals surface area contributed by atoms with E-state index in [2.05, 4.69) is 5.32 Å². The molecule has 0 fully saturated rings. The Morgan fingerprint density at radius 1 is 1.27 bits per heavy atom. The number of carbonyl (C=O) groups is 2. The SMILES string of the molecule is CC(=O)NC=C(C(=O)O)c1ccccc1. The summed E-state index contributed by atoms with van der Waals surface area (Å²) in [5.41, 5.74) is 0.615. The molecule has 0 aliphatic rings. The smallest absolute Gasteiger partial charge is 0.337 e. The van der Waals surface area contributed by atoms with Gasteiger partial charge in [-0.25, -0.2) is 4.79 Å². The Kier molecular flexibility index (Phi) is 3.62. The van der Waals surface area contributed by atoms with E-state index in [-0.39, 0.29) is 11.5 Å². The highest BCUT2D eigenvalue weighted by Crippen LogP contribution is 2.12. The summed E-state index contributed by atoms with van der Waals surface area (Å²) < 4.78 is 0. The second kappa shape index (κ2) is 4.95. The molecule has 78 valence electrons. The fourth-order valence-electron chi connectivity index (χ4n) is 1.06. The van der Waals surface area contributed by atoms with Crippen molar-refractivity contribution in [2.45, 2.75) is 6.92 Å². The van der Waals surface area contributed by atoms with Crippen molar-refractivity contribution in [3.8, 4) is 0 Å². The lowest BCUT2D eigenvalue weighted by atomic mass is 10.1. The average Bonchev–Trinajstić information content (AvgIpc) is 2.18. The minimum absolute atomic E-state index is 0.0609. The van der Waals surface area contributed by atoms with Crippen LogP contribution >= 0.6 is 0 Å². The number of benzene rings is 1. The van der Waals surface area contributed by atoms with Crippen LogP contribution in [0.15, 0.2) is 36.5 Å². The number of nitrogens with one attached hydrogen (secondary N) is 1. The summed E-state index contributed by atoms with van der Waals surface area (Å²) >= 11 is 0. The van der Waals surface area contributed by atoms with Crippen LogP contribution < -0.4 is 5.32 Å². The normalized spacial score (nSPS) is 10.9. The topological polar surface area (TPSA) is 66.4 Å². The van der Waals surface area contributed by atoms with Crippen LogP contribution in [0, 0.1) is 0 Å². The Morgan fingerprint density at radius 3 is 2.33 bits per heavy atom. The molecular formula is C11H11NO3. The van der Waals surface area contributed by atoms with E-state index < -0.39 is 5.97 Å². The summed E-state index contributed by atoms with van der Waals surface area (Å²) in [4.78, 5) is 21.5. The molecule has 2 N–H and O–H groups in total. The van der Waals surface area contributed by atoms with Gasteiger partial charge in [0.2, 0.25) is 5.91 Å². The van der Waals surface area contributed by atoms with Crippen molar-refractivity contribution >= 4 is 17.4 Å². The van der Waals surface area contributed by atoms with Crippen molar-refractivity contribution in [2.24, 2.45) is 0 Å². The van der Waals surface area contributed by atoms with Gasteiger partial charge in [-0.3, -0.25) is 4.79 Å². The lowest BCUT2D eigenvalue weighted by molar-refractivity contribution is -0.130. The van der Waals surface area contributed by atoms with Crippen molar-refractivity contribution in [1.82, 2.24) is 5.32 Å². The monoisotopic (exact) mass is 205 g/mol. The van der Waals surface area contributed by atoms with E-state index in [4.69, 9.17) is 5.11 Å². The van der Waals surface area contributed by atoms with Gasteiger partial charge in [-0.05, 0) is 5.56 Å².